The van der Waals surface area contributed by atoms with Gasteiger partial charge in [0.15, 0.2) is 5.65 Å². The predicted octanol–water partition coefficient (Wildman–Crippen LogP) is 1.10. The fourth-order valence-corrected chi connectivity index (χ4v) is 1.80. The molecule has 74 valence electrons. The van der Waals surface area contributed by atoms with Gasteiger partial charge in [0.2, 0.25) is 4.77 Å². The highest BCUT2D eigenvalue weighted by atomic mass is 32.1. The Balaban J connectivity index is 2.97. The molecule has 0 aliphatic heterocycles. The third-order valence-corrected chi connectivity index (χ3v) is 2.51. The molecule has 0 saturated carbocycles. The number of anilines is 1. The van der Waals surface area contributed by atoms with Crippen molar-refractivity contribution in [2.24, 2.45) is 7.05 Å². The molecule has 0 bridgehead atoms. The third-order valence-electron chi connectivity index (χ3n) is 2.20. The molecule has 0 unspecified atom stereocenters. The number of nitrogens with two attached hydrogens (primary N) is 1. The maximum atomic E-state index is 5.97. The van der Waals surface area contributed by atoms with Crippen LogP contribution in [-0.4, -0.2) is 19.1 Å². The Morgan fingerprint density at radius 3 is 2.93 bits per heavy atom. The van der Waals surface area contributed by atoms with Crippen molar-refractivity contribution in [2.45, 2.75) is 13.5 Å². The molecule has 14 heavy (non-hydrogen) atoms. The van der Waals surface area contributed by atoms with E-state index in [2.05, 4.69) is 9.97 Å². The molecule has 0 amide bonds. The van der Waals surface area contributed by atoms with Crippen LogP contribution >= 0.6 is 12.2 Å². The Morgan fingerprint density at radius 2 is 2.29 bits per heavy atom. The number of fused-ring (bicyclic) bond motifs is 1. The van der Waals surface area contributed by atoms with Gasteiger partial charge < -0.3 is 14.9 Å². The van der Waals surface area contributed by atoms with Crippen molar-refractivity contribution in [3.05, 3.63) is 11.1 Å². The normalized spacial score (nSPS) is 11.0. The van der Waals surface area contributed by atoms with Gasteiger partial charge >= 0.3 is 0 Å². The fraction of sp³-hybridized carbons (Fsp3) is 0.375. The first-order valence-electron chi connectivity index (χ1n) is 4.32. The van der Waals surface area contributed by atoms with Gasteiger partial charge in [-0.2, -0.15) is 4.98 Å². The molecule has 2 heterocycles. The molecule has 0 spiro atoms. The van der Waals surface area contributed by atoms with Crippen molar-refractivity contribution in [1.82, 2.24) is 19.1 Å². The number of rotatable bonds is 1. The zero-order chi connectivity index (χ0) is 10.3. The summed E-state index contributed by atoms with van der Waals surface area (Å²) in [6.07, 6.45) is 1.68. The lowest BCUT2D eigenvalue weighted by Gasteiger charge is -2.08. The summed E-state index contributed by atoms with van der Waals surface area (Å²) in [6.45, 7) is 2.70. The number of nitrogens with zero attached hydrogens (tertiary/aromatic N) is 4. The van der Waals surface area contributed by atoms with Gasteiger partial charge in [-0.05, 0) is 19.1 Å². The Hall–Kier alpha value is -1.43. The molecule has 0 aromatic carbocycles. The molecular weight excluding hydrogens is 198 g/mol. The molecule has 6 heteroatoms. The third kappa shape index (κ3) is 1.11. The molecule has 0 saturated heterocycles. The zero-order valence-electron chi connectivity index (χ0n) is 8.06. The van der Waals surface area contributed by atoms with E-state index < -0.39 is 0 Å². The average Bonchev–Trinajstić information content (AvgIpc) is 2.48. The lowest BCUT2D eigenvalue weighted by Crippen LogP contribution is -2.09. The van der Waals surface area contributed by atoms with E-state index in [0.717, 1.165) is 12.1 Å². The van der Waals surface area contributed by atoms with Gasteiger partial charge in [0.1, 0.15) is 11.3 Å². The number of aromatic nitrogens is 4. The Morgan fingerprint density at radius 1 is 1.57 bits per heavy atom. The second-order valence-corrected chi connectivity index (χ2v) is 3.42. The molecule has 2 rings (SSSR count). The van der Waals surface area contributed by atoms with Crippen LogP contribution in [0.2, 0.25) is 0 Å². The summed E-state index contributed by atoms with van der Waals surface area (Å²) in [4.78, 5) is 8.30. The van der Waals surface area contributed by atoms with Crippen LogP contribution in [0.1, 0.15) is 6.92 Å². The minimum absolute atomic E-state index is 0.483. The van der Waals surface area contributed by atoms with Crippen molar-refractivity contribution >= 4 is 29.2 Å². The lowest BCUT2D eigenvalue weighted by molar-refractivity contribution is 0.737. The second-order valence-electron chi connectivity index (χ2n) is 3.05. The van der Waals surface area contributed by atoms with E-state index in [4.69, 9.17) is 18.0 Å². The second kappa shape index (κ2) is 3.06. The number of hydrogen-bond acceptors (Lipinski definition) is 4. The SMILES string of the molecule is CCn1c(N)c2c(ncn2C)nc1=S. The Labute approximate surface area is 86.2 Å². The summed E-state index contributed by atoms with van der Waals surface area (Å²) in [5.41, 5.74) is 7.42. The molecule has 2 aromatic rings. The number of aryl methyl sites for hydroxylation is 1. The van der Waals surface area contributed by atoms with Gasteiger partial charge in [-0.1, -0.05) is 0 Å². The molecule has 0 aliphatic rings. The summed E-state index contributed by atoms with van der Waals surface area (Å²) in [7, 11) is 1.89. The van der Waals surface area contributed by atoms with E-state index in [0.29, 0.717) is 16.2 Å². The Kier molecular flexibility index (Phi) is 1.99. The number of imidazole rings is 1. The summed E-state index contributed by atoms with van der Waals surface area (Å²) in [5, 5.41) is 0. The molecule has 0 radical (unpaired) electrons. The van der Waals surface area contributed by atoms with E-state index in [1.807, 2.05) is 18.5 Å². The first-order valence-corrected chi connectivity index (χ1v) is 4.73. The van der Waals surface area contributed by atoms with Gasteiger partial charge in [0.25, 0.3) is 0 Å². The topological polar surface area (TPSA) is 61.7 Å². The maximum Gasteiger partial charge on any atom is 0.203 e. The number of hydrogen-bond donors (Lipinski definition) is 1. The van der Waals surface area contributed by atoms with Crippen LogP contribution in [0, 0.1) is 4.77 Å². The smallest absolute Gasteiger partial charge is 0.203 e. The van der Waals surface area contributed by atoms with Gasteiger partial charge in [-0.3, -0.25) is 0 Å². The standard InChI is InChI=1S/C8H11N5S/c1-3-13-6(9)5-7(11-8(13)14)10-4-12(5)2/h4H,3,9H2,1-2H3. The van der Waals surface area contributed by atoms with Crippen LogP contribution in [-0.2, 0) is 13.6 Å². The molecule has 2 N–H and O–H groups in total. The van der Waals surface area contributed by atoms with Crippen LogP contribution in [0.25, 0.3) is 11.2 Å². The number of nitrogen functional groups attached to an aromatic ring is 1. The fourth-order valence-electron chi connectivity index (χ4n) is 1.48. The highest BCUT2D eigenvalue weighted by molar-refractivity contribution is 7.71. The van der Waals surface area contributed by atoms with Crippen LogP contribution in [0.4, 0.5) is 5.82 Å². The van der Waals surface area contributed by atoms with Gasteiger partial charge in [-0.25, -0.2) is 4.98 Å². The molecule has 5 nitrogen and oxygen atoms in total. The average molecular weight is 209 g/mol. The van der Waals surface area contributed by atoms with E-state index >= 15 is 0 Å². The van der Waals surface area contributed by atoms with E-state index in [1.54, 1.807) is 10.9 Å². The van der Waals surface area contributed by atoms with Gasteiger partial charge in [-0.15, -0.1) is 0 Å². The van der Waals surface area contributed by atoms with Gasteiger partial charge in [0.05, 0.1) is 6.33 Å². The minimum atomic E-state index is 0.483. The van der Waals surface area contributed by atoms with Crippen molar-refractivity contribution < 1.29 is 0 Å². The molecule has 0 aliphatic carbocycles. The molecule has 0 atom stereocenters. The highest BCUT2D eigenvalue weighted by Gasteiger charge is 2.09. The summed E-state index contributed by atoms with van der Waals surface area (Å²) in [5.74, 6) is 0.627. The molecule has 2 aromatic heterocycles. The van der Waals surface area contributed by atoms with Crippen molar-refractivity contribution in [1.29, 1.82) is 0 Å². The molecule has 0 fully saturated rings. The van der Waals surface area contributed by atoms with Crippen LogP contribution in [0.3, 0.4) is 0 Å². The van der Waals surface area contributed by atoms with Crippen LogP contribution < -0.4 is 5.73 Å². The van der Waals surface area contributed by atoms with E-state index in [1.165, 1.54) is 0 Å². The van der Waals surface area contributed by atoms with Crippen molar-refractivity contribution in [2.75, 3.05) is 5.73 Å². The Bertz CT molecular complexity index is 538. The monoisotopic (exact) mass is 209 g/mol. The van der Waals surface area contributed by atoms with Crippen LogP contribution in [0.5, 0.6) is 0 Å². The largest absolute Gasteiger partial charge is 0.383 e. The highest BCUT2D eigenvalue weighted by Crippen LogP contribution is 2.17. The first kappa shape index (κ1) is 9.14. The zero-order valence-corrected chi connectivity index (χ0v) is 8.88. The van der Waals surface area contributed by atoms with E-state index in [9.17, 15) is 0 Å². The first-order chi connectivity index (χ1) is 6.65. The lowest BCUT2D eigenvalue weighted by atomic mass is 10.4. The minimum Gasteiger partial charge on any atom is -0.383 e. The van der Waals surface area contributed by atoms with E-state index in [-0.39, 0.29) is 0 Å². The van der Waals surface area contributed by atoms with Crippen molar-refractivity contribution in [3.63, 3.8) is 0 Å². The van der Waals surface area contributed by atoms with Crippen molar-refractivity contribution in [3.8, 4) is 0 Å². The summed E-state index contributed by atoms with van der Waals surface area (Å²) < 4.78 is 4.12. The molecular formula is C8H11N5S. The van der Waals surface area contributed by atoms with Gasteiger partial charge in [0, 0.05) is 13.6 Å². The maximum absolute atomic E-state index is 5.97. The summed E-state index contributed by atoms with van der Waals surface area (Å²) in [6, 6.07) is 0. The predicted molar refractivity (Wildman–Crippen MR) is 57.4 cm³/mol. The quantitative estimate of drug-likeness (QED) is 0.714. The van der Waals surface area contributed by atoms with Crippen LogP contribution in [0.15, 0.2) is 6.33 Å². The summed E-state index contributed by atoms with van der Waals surface area (Å²) >= 11 is 5.10.